The SMILES string of the molecule is COC(=O)c1ccc(-c2cc(F)cc3c2OC(C)C3)nc1C. The summed E-state index contributed by atoms with van der Waals surface area (Å²) >= 11 is 0. The summed E-state index contributed by atoms with van der Waals surface area (Å²) in [5.41, 5.74) is 2.97. The van der Waals surface area contributed by atoms with Crippen LogP contribution in [0.15, 0.2) is 24.3 Å². The van der Waals surface area contributed by atoms with Crippen molar-refractivity contribution in [1.82, 2.24) is 4.98 Å². The fourth-order valence-corrected chi connectivity index (χ4v) is 2.72. The molecule has 2 aromatic rings. The first-order chi connectivity index (χ1) is 10.5. The largest absolute Gasteiger partial charge is 0.489 e. The maximum atomic E-state index is 13.8. The fraction of sp³-hybridized carbons (Fsp3) is 0.294. The molecule has 0 spiro atoms. The Hall–Kier alpha value is -2.43. The second-order valence-corrected chi connectivity index (χ2v) is 5.40. The molecule has 0 bridgehead atoms. The molecule has 1 aromatic heterocycles. The van der Waals surface area contributed by atoms with Crippen LogP contribution in [-0.2, 0) is 11.2 Å². The fourth-order valence-electron chi connectivity index (χ4n) is 2.72. The van der Waals surface area contributed by atoms with E-state index in [2.05, 4.69) is 4.98 Å². The number of hydrogen-bond acceptors (Lipinski definition) is 4. The van der Waals surface area contributed by atoms with E-state index in [0.29, 0.717) is 34.7 Å². The predicted molar refractivity (Wildman–Crippen MR) is 79.5 cm³/mol. The average molecular weight is 301 g/mol. The van der Waals surface area contributed by atoms with Crippen molar-refractivity contribution in [3.63, 3.8) is 0 Å². The van der Waals surface area contributed by atoms with E-state index >= 15 is 0 Å². The summed E-state index contributed by atoms with van der Waals surface area (Å²) in [5, 5.41) is 0. The molecule has 0 amide bonds. The van der Waals surface area contributed by atoms with Crippen LogP contribution in [0.4, 0.5) is 4.39 Å². The van der Waals surface area contributed by atoms with Gasteiger partial charge in [0.1, 0.15) is 17.7 Å². The zero-order valence-electron chi connectivity index (χ0n) is 12.6. The lowest BCUT2D eigenvalue weighted by molar-refractivity contribution is 0.0599. The number of rotatable bonds is 2. The number of carbonyl (C=O) groups excluding carboxylic acids is 1. The van der Waals surface area contributed by atoms with Crippen molar-refractivity contribution in [1.29, 1.82) is 0 Å². The highest BCUT2D eigenvalue weighted by molar-refractivity contribution is 5.91. The van der Waals surface area contributed by atoms with Crippen molar-refractivity contribution in [2.75, 3.05) is 7.11 Å². The molecule has 0 saturated heterocycles. The van der Waals surface area contributed by atoms with Crippen LogP contribution in [0.3, 0.4) is 0 Å². The Balaban J connectivity index is 2.10. The summed E-state index contributed by atoms with van der Waals surface area (Å²) in [5.74, 6) is -0.0829. The van der Waals surface area contributed by atoms with Crippen molar-refractivity contribution < 1.29 is 18.7 Å². The number of nitrogens with zero attached hydrogens (tertiary/aromatic N) is 1. The Bertz CT molecular complexity index is 758. The van der Waals surface area contributed by atoms with Crippen molar-refractivity contribution in [3.8, 4) is 17.0 Å². The molecular formula is C17H16FNO3. The Morgan fingerprint density at radius 3 is 2.86 bits per heavy atom. The first-order valence-electron chi connectivity index (χ1n) is 7.05. The highest BCUT2D eigenvalue weighted by atomic mass is 19.1. The molecule has 1 aliphatic rings. The number of carbonyl (C=O) groups is 1. The van der Waals surface area contributed by atoms with Gasteiger partial charge in [0.05, 0.1) is 24.1 Å². The van der Waals surface area contributed by atoms with Crippen LogP contribution in [0, 0.1) is 12.7 Å². The van der Waals surface area contributed by atoms with Crippen molar-refractivity contribution >= 4 is 5.97 Å². The van der Waals surface area contributed by atoms with E-state index < -0.39 is 5.97 Å². The van der Waals surface area contributed by atoms with Gasteiger partial charge in [0, 0.05) is 17.5 Å². The first-order valence-corrected chi connectivity index (χ1v) is 7.05. The maximum Gasteiger partial charge on any atom is 0.339 e. The number of aryl methyl sites for hydroxylation is 1. The molecule has 1 aliphatic heterocycles. The molecule has 0 radical (unpaired) electrons. The van der Waals surface area contributed by atoms with E-state index in [1.54, 1.807) is 19.1 Å². The van der Waals surface area contributed by atoms with Gasteiger partial charge >= 0.3 is 5.97 Å². The van der Waals surface area contributed by atoms with Crippen LogP contribution in [-0.4, -0.2) is 24.2 Å². The lowest BCUT2D eigenvalue weighted by Crippen LogP contribution is -2.06. The minimum absolute atomic E-state index is 0.0194. The number of ether oxygens (including phenoxy) is 2. The van der Waals surface area contributed by atoms with Gasteiger partial charge < -0.3 is 9.47 Å². The molecule has 1 atom stereocenters. The van der Waals surface area contributed by atoms with Crippen LogP contribution in [0.1, 0.15) is 28.5 Å². The number of fused-ring (bicyclic) bond motifs is 1. The molecule has 0 saturated carbocycles. The third-order valence-electron chi connectivity index (χ3n) is 3.72. The zero-order chi connectivity index (χ0) is 15.9. The van der Waals surface area contributed by atoms with E-state index in [0.717, 1.165) is 5.56 Å². The van der Waals surface area contributed by atoms with Gasteiger partial charge in [-0.05, 0) is 38.1 Å². The second kappa shape index (κ2) is 5.40. The standard InChI is InChI=1S/C17H16FNO3/c1-9-6-11-7-12(18)8-14(16(11)22-9)15-5-4-13(10(2)19-15)17(20)21-3/h4-5,7-9H,6H2,1-3H3. The lowest BCUT2D eigenvalue weighted by Gasteiger charge is -2.11. The van der Waals surface area contributed by atoms with Gasteiger partial charge in [-0.2, -0.15) is 0 Å². The first kappa shape index (κ1) is 14.5. The second-order valence-electron chi connectivity index (χ2n) is 5.40. The van der Waals surface area contributed by atoms with Crippen LogP contribution in [0.25, 0.3) is 11.3 Å². The molecule has 0 N–H and O–H groups in total. The number of halogens is 1. The molecule has 0 aliphatic carbocycles. The van der Waals surface area contributed by atoms with Crippen molar-refractivity contribution in [3.05, 3.63) is 46.9 Å². The Morgan fingerprint density at radius 1 is 1.41 bits per heavy atom. The summed E-state index contributed by atoms with van der Waals surface area (Å²) in [6.07, 6.45) is 0.699. The monoisotopic (exact) mass is 301 g/mol. The Kier molecular flexibility index (Phi) is 3.56. The van der Waals surface area contributed by atoms with Gasteiger partial charge in [-0.15, -0.1) is 0 Å². The molecule has 0 fully saturated rings. The normalized spacial score (nSPS) is 16.1. The molecule has 2 heterocycles. The highest BCUT2D eigenvalue weighted by Gasteiger charge is 2.25. The molecule has 1 unspecified atom stereocenters. The molecule has 4 nitrogen and oxygen atoms in total. The van der Waals surface area contributed by atoms with Gasteiger partial charge in [0.25, 0.3) is 0 Å². The van der Waals surface area contributed by atoms with Crippen molar-refractivity contribution in [2.24, 2.45) is 0 Å². The summed E-state index contributed by atoms with van der Waals surface area (Å²) in [7, 11) is 1.32. The Morgan fingerprint density at radius 2 is 2.18 bits per heavy atom. The summed E-state index contributed by atoms with van der Waals surface area (Å²) in [6.45, 7) is 3.67. The lowest BCUT2D eigenvalue weighted by atomic mass is 10.0. The zero-order valence-corrected chi connectivity index (χ0v) is 12.6. The van der Waals surface area contributed by atoms with Gasteiger partial charge in [-0.1, -0.05) is 0 Å². The molecular weight excluding hydrogens is 285 g/mol. The molecule has 22 heavy (non-hydrogen) atoms. The number of hydrogen-bond donors (Lipinski definition) is 0. The van der Waals surface area contributed by atoms with Crippen LogP contribution < -0.4 is 4.74 Å². The van der Waals surface area contributed by atoms with E-state index in [1.807, 2.05) is 6.92 Å². The molecule has 114 valence electrons. The number of esters is 1. The summed E-state index contributed by atoms with van der Waals surface area (Å²) < 4.78 is 24.3. The quantitative estimate of drug-likeness (QED) is 0.799. The van der Waals surface area contributed by atoms with Crippen LogP contribution in [0.5, 0.6) is 5.75 Å². The maximum absolute atomic E-state index is 13.8. The van der Waals surface area contributed by atoms with Gasteiger partial charge in [0.2, 0.25) is 0 Å². The smallest absolute Gasteiger partial charge is 0.339 e. The third kappa shape index (κ3) is 2.43. The van der Waals surface area contributed by atoms with E-state index in [4.69, 9.17) is 9.47 Å². The van der Waals surface area contributed by atoms with Crippen molar-refractivity contribution in [2.45, 2.75) is 26.4 Å². The topological polar surface area (TPSA) is 48.4 Å². The molecule has 1 aromatic carbocycles. The minimum atomic E-state index is -0.439. The summed E-state index contributed by atoms with van der Waals surface area (Å²) in [4.78, 5) is 16.0. The number of pyridine rings is 1. The van der Waals surface area contributed by atoms with E-state index in [9.17, 15) is 9.18 Å². The summed E-state index contributed by atoms with van der Waals surface area (Å²) in [6, 6.07) is 6.23. The van der Waals surface area contributed by atoms with Gasteiger partial charge in [-0.3, -0.25) is 4.98 Å². The number of benzene rings is 1. The number of methoxy groups -OCH3 is 1. The van der Waals surface area contributed by atoms with Crippen LogP contribution >= 0.6 is 0 Å². The third-order valence-corrected chi connectivity index (χ3v) is 3.72. The predicted octanol–water partition coefficient (Wildman–Crippen LogP) is 3.31. The van der Waals surface area contributed by atoms with Crippen LogP contribution in [0.2, 0.25) is 0 Å². The Labute approximate surface area is 127 Å². The van der Waals surface area contributed by atoms with E-state index in [-0.39, 0.29) is 11.9 Å². The van der Waals surface area contributed by atoms with Gasteiger partial charge in [-0.25, -0.2) is 9.18 Å². The molecule has 3 rings (SSSR count). The van der Waals surface area contributed by atoms with E-state index in [1.165, 1.54) is 19.2 Å². The average Bonchev–Trinajstić information content (AvgIpc) is 2.85. The van der Waals surface area contributed by atoms with Gasteiger partial charge in [0.15, 0.2) is 0 Å². The number of aromatic nitrogens is 1. The highest BCUT2D eigenvalue weighted by Crippen LogP contribution is 2.39. The molecule has 5 heteroatoms. The minimum Gasteiger partial charge on any atom is -0.489 e.